The van der Waals surface area contributed by atoms with Crippen molar-refractivity contribution in [3.05, 3.63) is 142 Å². The maximum Gasteiger partial charge on any atom is 0.416 e. The molecule has 4 aliphatic rings. The number of methoxy groups -OCH3 is 1. The number of amides is 2. The summed E-state index contributed by atoms with van der Waals surface area (Å²) in [7, 11) is 1.29. The predicted octanol–water partition coefficient (Wildman–Crippen LogP) is 9.12. The first-order valence-corrected chi connectivity index (χ1v) is 18.2. The highest BCUT2D eigenvalue weighted by atomic mass is 35.5. The third-order valence-corrected chi connectivity index (χ3v) is 12.1. The Hall–Kier alpha value is -5.69. The minimum atomic E-state index is -5.25. The SMILES string of the molecule is COc1cc(C2C3=CCC4C(=O)N(c5cc(C(F)(F)F)cc(C(F)(F)F)c5)C(=O)C4C3CC3C(=O)C(c4ccccc4)=CC(=O)C32c2ccccc2)cc(Cl)c1O. The Labute approximate surface area is 326 Å². The van der Waals surface area contributed by atoms with E-state index in [4.69, 9.17) is 16.3 Å². The summed E-state index contributed by atoms with van der Waals surface area (Å²) >= 11 is 6.56. The molecule has 0 spiro atoms. The molecular formula is C43H30ClF6NO6. The van der Waals surface area contributed by atoms with Crippen LogP contribution >= 0.6 is 11.6 Å². The lowest BCUT2D eigenvalue weighted by Gasteiger charge is -2.55. The quantitative estimate of drug-likeness (QED) is 0.123. The molecule has 7 nitrogen and oxygen atoms in total. The van der Waals surface area contributed by atoms with Gasteiger partial charge in [-0.05, 0) is 71.9 Å². The van der Waals surface area contributed by atoms with Crippen LogP contribution in [0.3, 0.4) is 0 Å². The first kappa shape index (κ1) is 38.2. The van der Waals surface area contributed by atoms with Gasteiger partial charge < -0.3 is 9.84 Å². The molecule has 1 N–H and O–H groups in total. The van der Waals surface area contributed by atoms with Crippen LogP contribution in [0.1, 0.15) is 46.6 Å². The number of benzene rings is 4. The van der Waals surface area contributed by atoms with E-state index in [2.05, 4.69) is 0 Å². The van der Waals surface area contributed by atoms with Crippen LogP contribution in [-0.4, -0.2) is 35.6 Å². The van der Waals surface area contributed by atoms with E-state index in [-0.39, 0.29) is 35.3 Å². The number of aromatic hydroxyl groups is 1. The number of ether oxygens (including phenoxy) is 1. The summed E-state index contributed by atoms with van der Waals surface area (Å²) in [6.45, 7) is 0. The minimum absolute atomic E-state index is 0.0629. The highest BCUT2D eigenvalue weighted by Crippen LogP contribution is 2.64. The molecule has 2 fully saturated rings. The summed E-state index contributed by atoms with van der Waals surface area (Å²) in [5, 5.41) is 10.6. The average Bonchev–Trinajstić information content (AvgIpc) is 3.44. The van der Waals surface area contributed by atoms with Gasteiger partial charge in [0.1, 0.15) is 0 Å². The number of hydrogen-bond donors (Lipinski definition) is 1. The van der Waals surface area contributed by atoms with E-state index in [0.717, 1.165) is 0 Å². The number of alkyl halides is 6. The molecule has 2 amide bonds. The Morgan fingerprint density at radius 3 is 2.02 bits per heavy atom. The number of phenolic OH excluding ortho intramolecular Hbond substituents is 1. The number of halogens is 7. The monoisotopic (exact) mass is 805 g/mol. The smallest absolute Gasteiger partial charge is 0.416 e. The maximum absolute atomic E-state index is 15.2. The van der Waals surface area contributed by atoms with Crippen LogP contribution in [0.2, 0.25) is 5.02 Å². The first-order chi connectivity index (χ1) is 27.0. The molecule has 292 valence electrons. The average molecular weight is 806 g/mol. The number of nitrogens with zero attached hydrogens (tertiary/aromatic N) is 1. The molecule has 1 heterocycles. The molecule has 4 aromatic rings. The van der Waals surface area contributed by atoms with Crippen LogP contribution in [0.5, 0.6) is 11.5 Å². The number of Topliss-reactive ketones (excluding diaryl/α,β-unsaturated/α-hetero) is 1. The number of ketones is 2. The second-order valence-corrected chi connectivity index (χ2v) is 15.0. The fourth-order valence-corrected chi connectivity index (χ4v) is 9.71. The van der Waals surface area contributed by atoms with Gasteiger partial charge in [-0.3, -0.25) is 19.2 Å². The van der Waals surface area contributed by atoms with Gasteiger partial charge in [0.15, 0.2) is 23.1 Å². The Morgan fingerprint density at radius 1 is 0.807 bits per heavy atom. The number of anilines is 1. The summed E-state index contributed by atoms with van der Waals surface area (Å²) in [4.78, 5) is 59.3. The lowest BCUT2D eigenvalue weighted by Crippen LogP contribution is -2.58. The summed E-state index contributed by atoms with van der Waals surface area (Å²) in [6, 6.07) is 20.5. The normalized spacial score (nSPS) is 26.0. The third kappa shape index (κ3) is 5.88. The number of imide groups is 1. The summed E-state index contributed by atoms with van der Waals surface area (Å²) < 4.78 is 89.1. The molecule has 1 aliphatic heterocycles. The van der Waals surface area contributed by atoms with Gasteiger partial charge in [-0.1, -0.05) is 83.9 Å². The van der Waals surface area contributed by atoms with Crippen LogP contribution in [0.25, 0.3) is 5.57 Å². The van der Waals surface area contributed by atoms with Gasteiger partial charge in [0, 0.05) is 17.4 Å². The van der Waals surface area contributed by atoms with Crippen LogP contribution in [-0.2, 0) is 36.9 Å². The van der Waals surface area contributed by atoms with Gasteiger partial charge in [-0.25, -0.2) is 4.90 Å². The van der Waals surface area contributed by atoms with Crippen LogP contribution in [0.15, 0.2) is 109 Å². The van der Waals surface area contributed by atoms with Crippen molar-refractivity contribution in [3.63, 3.8) is 0 Å². The molecule has 0 aromatic heterocycles. The molecule has 57 heavy (non-hydrogen) atoms. The van der Waals surface area contributed by atoms with E-state index in [1.807, 2.05) is 0 Å². The molecule has 4 aromatic carbocycles. The molecule has 1 saturated carbocycles. The standard InChI is InChI=1S/C43H30ClF6NO6/c1-57-33-15-22(14-32(44)38(33)54)36-27-12-13-28-35(40(56)51(39(28)55)26-17-24(42(45,46)47)16-25(18-26)43(48,49)50)30(27)19-31-37(53)29(21-8-4-2-5-9-21)20-34(52)41(31,36)23-10-6-3-7-11-23/h2-12,14-18,20,28,30-31,35-36,54H,13,19H2,1H3. The van der Waals surface area contributed by atoms with Gasteiger partial charge in [-0.2, -0.15) is 26.3 Å². The molecular weight excluding hydrogens is 776 g/mol. The third-order valence-electron chi connectivity index (χ3n) is 11.8. The Morgan fingerprint density at radius 2 is 1.42 bits per heavy atom. The van der Waals surface area contributed by atoms with Crippen molar-refractivity contribution in [1.82, 2.24) is 0 Å². The number of allylic oxidation sites excluding steroid dienone is 4. The summed E-state index contributed by atoms with van der Waals surface area (Å²) in [5.41, 5.74) is -4.20. The molecule has 1 saturated heterocycles. The van der Waals surface area contributed by atoms with E-state index in [9.17, 15) is 41.0 Å². The Bertz CT molecular complexity index is 2400. The lowest BCUT2D eigenvalue weighted by molar-refractivity contribution is -0.143. The fourth-order valence-electron chi connectivity index (χ4n) is 9.49. The zero-order chi connectivity index (χ0) is 40.8. The fraction of sp³-hybridized carbons (Fsp3) is 0.256. The predicted molar refractivity (Wildman–Crippen MR) is 195 cm³/mol. The van der Waals surface area contributed by atoms with Crippen molar-refractivity contribution >= 4 is 46.2 Å². The highest BCUT2D eigenvalue weighted by molar-refractivity contribution is 6.33. The van der Waals surface area contributed by atoms with E-state index >= 15 is 9.59 Å². The molecule has 14 heteroatoms. The Balaban J connectivity index is 1.35. The number of fused-ring (bicyclic) bond motifs is 4. The Kier molecular flexibility index (Phi) is 9.02. The van der Waals surface area contributed by atoms with Gasteiger partial charge in [-0.15, -0.1) is 0 Å². The van der Waals surface area contributed by atoms with Crippen molar-refractivity contribution < 1.29 is 55.4 Å². The van der Waals surface area contributed by atoms with Gasteiger partial charge in [0.05, 0.1) is 46.2 Å². The van der Waals surface area contributed by atoms with Crippen molar-refractivity contribution in [1.29, 1.82) is 0 Å². The van der Waals surface area contributed by atoms with Gasteiger partial charge >= 0.3 is 12.4 Å². The number of rotatable bonds is 5. The zero-order valence-corrected chi connectivity index (χ0v) is 30.5. The van der Waals surface area contributed by atoms with Gasteiger partial charge in [0.25, 0.3) is 0 Å². The minimum Gasteiger partial charge on any atom is -0.503 e. The molecule has 6 unspecified atom stereocenters. The first-order valence-electron chi connectivity index (χ1n) is 17.8. The van der Waals surface area contributed by atoms with E-state index in [1.165, 1.54) is 25.3 Å². The number of carbonyl (C=O) groups is 4. The molecule has 6 atom stereocenters. The topological polar surface area (TPSA) is 101 Å². The van der Waals surface area contributed by atoms with Gasteiger partial charge in [0.2, 0.25) is 11.8 Å². The van der Waals surface area contributed by atoms with Crippen LogP contribution in [0, 0.1) is 23.7 Å². The molecule has 0 radical (unpaired) electrons. The van der Waals surface area contributed by atoms with Crippen LogP contribution < -0.4 is 9.64 Å². The second-order valence-electron chi connectivity index (χ2n) is 14.6. The second kappa shape index (κ2) is 13.5. The summed E-state index contributed by atoms with van der Waals surface area (Å²) in [5.74, 6) is -9.24. The van der Waals surface area contributed by atoms with Crippen molar-refractivity contribution in [2.24, 2.45) is 23.7 Å². The van der Waals surface area contributed by atoms with E-state index in [1.54, 1.807) is 66.7 Å². The number of carbonyl (C=O) groups excluding carboxylic acids is 4. The van der Waals surface area contributed by atoms with Crippen LogP contribution in [0.4, 0.5) is 32.0 Å². The number of hydrogen-bond acceptors (Lipinski definition) is 6. The van der Waals surface area contributed by atoms with E-state index < -0.39 is 93.3 Å². The van der Waals surface area contributed by atoms with E-state index in [0.29, 0.717) is 39.3 Å². The largest absolute Gasteiger partial charge is 0.503 e. The molecule has 3 aliphatic carbocycles. The maximum atomic E-state index is 15.2. The number of phenols is 1. The molecule has 0 bridgehead atoms. The van der Waals surface area contributed by atoms with Crippen molar-refractivity contribution in [3.8, 4) is 11.5 Å². The zero-order valence-electron chi connectivity index (χ0n) is 29.7. The van der Waals surface area contributed by atoms with Crippen molar-refractivity contribution in [2.75, 3.05) is 12.0 Å². The van der Waals surface area contributed by atoms with Crippen molar-refractivity contribution in [2.45, 2.75) is 36.5 Å². The summed E-state index contributed by atoms with van der Waals surface area (Å²) in [6.07, 6.45) is -7.86. The lowest BCUT2D eigenvalue weighted by atomic mass is 9.44. The highest BCUT2D eigenvalue weighted by Gasteiger charge is 2.66. The molecule has 8 rings (SSSR count).